The van der Waals surface area contributed by atoms with E-state index in [0.29, 0.717) is 11.5 Å². The molecule has 0 radical (unpaired) electrons. The average Bonchev–Trinajstić information content (AvgIpc) is 3.99. The second-order valence-corrected chi connectivity index (χ2v) is 30.9. The minimum absolute atomic E-state index is 0.0121. The lowest BCUT2D eigenvalue weighted by atomic mass is 10.1. The van der Waals surface area contributed by atoms with Crippen LogP contribution in [0.3, 0.4) is 0 Å². The van der Waals surface area contributed by atoms with Crippen molar-refractivity contribution < 1.29 is 76.4 Å². The summed E-state index contributed by atoms with van der Waals surface area (Å²) in [5.74, 6) is -3.74. The molecule has 4 amide bonds. The van der Waals surface area contributed by atoms with E-state index in [1.165, 1.54) is 84.9 Å². The SMILES string of the molecule is CC(C)(C)[Si](C)(C)Oc1ccc(OC(=O)c2cc(C(=O)Oc3ccc(O[Si](C)(C)C(C)(C)C)cc3)cc(N3C(=O)C=CC3=O)c2)cc1.O=C(Oc1ccc(O)cc1)c1cc(C(=O)Oc2ccc(O)cc2)cc(N2C(=O)C=CC2=O)c1. The largest absolute Gasteiger partial charge is 0.543 e. The van der Waals surface area contributed by atoms with Crippen LogP contribution in [0.1, 0.15) is 83.0 Å². The number of esters is 4. The number of nitrogens with zero attached hydrogens (tertiary/aromatic N) is 2. The van der Waals surface area contributed by atoms with Crippen molar-refractivity contribution in [2.75, 3.05) is 9.80 Å². The Balaban J connectivity index is 0.000000245. The molecule has 412 valence electrons. The van der Waals surface area contributed by atoms with Gasteiger partial charge in [0.1, 0.15) is 46.0 Å². The average molecular weight is 1120 g/mol. The highest BCUT2D eigenvalue weighted by Gasteiger charge is 2.40. The zero-order valence-corrected chi connectivity index (χ0v) is 47.5. The van der Waals surface area contributed by atoms with Gasteiger partial charge in [-0.05, 0) is 170 Å². The highest BCUT2D eigenvalue weighted by atomic mass is 28.4. The molecule has 2 aliphatic heterocycles. The molecular weight excluding hydrogens is 1060 g/mol. The molecule has 6 aromatic rings. The van der Waals surface area contributed by atoms with E-state index in [1.807, 2.05) is 0 Å². The molecule has 0 aromatic heterocycles. The van der Waals surface area contributed by atoms with Gasteiger partial charge in [0, 0.05) is 24.3 Å². The summed E-state index contributed by atoms with van der Waals surface area (Å²) in [5.41, 5.74) is -0.338. The van der Waals surface area contributed by atoms with Crippen molar-refractivity contribution in [1.82, 2.24) is 0 Å². The second-order valence-electron chi connectivity index (χ2n) is 21.4. The summed E-state index contributed by atoms with van der Waals surface area (Å²) in [6.45, 7) is 21.4. The number of hydrogen-bond donors (Lipinski definition) is 2. The highest BCUT2D eigenvalue weighted by molar-refractivity contribution is 6.75. The maximum Gasteiger partial charge on any atom is 0.343 e. The van der Waals surface area contributed by atoms with E-state index >= 15 is 0 Å². The van der Waals surface area contributed by atoms with E-state index in [9.17, 15) is 48.6 Å². The molecule has 0 spiro atoms. The van der Waals surface area contributed by atoms with E-state index in [4.69, 9.17) is 27.8 Å². The molecule has 20 heteroatoms. The van der Waals surface area contributed by atoms with Crippen molar-refractivity contribution in [3.63, 3.8) is 0 Å². The smallest absolute Gasteiger partial charge is 0.343 e. The Morgan fingerprint density at radius 2 is 0.575 bits per heavy atom. The molecule has 2 heterocycles. The van der Waals surface area contributed by atoms with E-state index in [-0.39, 0.29) is 78.2 Å². The number of imide groups is 2. The lowest BCUT2D eigenvalue weighted by Gasteiger charge is -2.36. The highest BCUT2D eigenvalue weighted by Crippen LogP contribution is 2.39. The maximum absolute atomic E-state index is 13.3. The molecule has 0 aliphatic carbocycles. The van der Waals surface area contributed by atoms with Crippen LogP contribution in [0, 0.1) is 0 Å². The van der Waals surface area contributed by atoms with Crippen molar-refractivity contribution in [3.8, 4) is 46.0 Å². The molecule has 80 heavy (non-hydrogen) atoms. The predicted molar refractivity (Wildman–Crippen MR) is 301 cm³/mol. The third kappa shape index (κ3) is 14.2. The number of anilines is 2. The fraction of sp³-hybridized carbons (Fsp3) is 0.200. The van der Waals surface area contributed by atoms with Crippen molar-refractivity contribution in [2.45, 2.75) is 77.8 Å². The maximum atomic E-state index is 13.3. The van der Waals surface area contributed by atoms with Crippen molar-refractivity contribution in [3.05, 3.63) is 180 Å². The van der Waals surface area contributed by atoms with Gasteiger partial charge < -0.3 is 38.0 Å². The predicted octanol–water partition coefficient (Wildman–Crippen LogP) is 11.3. The quantitative estimate of drug-likeness (QED) is 0.0446. The first-order chi connectivity index (χ1) is 37.5. The fourth-order valence-electron chi connectivity index (χ4n) is 7.00. The minimum Gasteiger partial charge on any atom is -0.543 e. The van der Waals surface area contributed by atoms with Gasteiger partial charge in [0.25, 0.3) is 23.6 Å². The van der Waals surface area contributed by atoms with Gasteiger partial charge in [0.15, 0.2) is 0 Å². The summed E-state index contributed by atoms with van der Waals surface area (Å²) in [5, 5.41) is 18.8. The number of ether oxygens (including phenoxy) is 4. The van der Waals surface area contributed by atoms with Gasteiger partial charge >= 0.3 is 23.9 Å². The summed E-state index contributed by atoms with van der Waals surface area (Å²) in [6.07, 6.45) is 4.37. The lowest BCUT2D eigenvalue weighted by Crippen LogP contribution is -2.43. The fourth-order valence-corrected chi connectivity index (χ4v) is 9.06. The Labute approximate surface area is 463 Å². The van der Waals surface area contributed by atoms with Crippen molar-refractivity contribution in [1.29, 1.82) is 0 Å². The summed E-state index contributed by atoms with van der Waals surface area (Å²) in [6, 6.07) is 31.8. The van der Waals surface area contributed by atoms with Crippen LogP contribution in [-0.4, -0.2) is 74.4 Å². The van der Waals surface area contributed by atoms with Gasteiger partial charge in [0.05, 0.1) is 33.6 Å². The summed E-state index contributed by atoms with van der Waals surface area (Å²) < 4.78 is 34.3. The second kappa shape index (κ2) is 23.3. The summed E-state index contributed by atoms with van der Waals surface area (Å²) >= 11 is 0. The van der Waals surface area contributed by atoms with Crippen molar-refractivity contribution >= 4 is 75.5 Å². The number of rotatable bonds is 14. The zero-order chi connectivity index (χ0) is 58.5. The van der Waals surface area contributed by atoms with E-state index in [1.54, 1.807) is 48.5 Å². The van der Waals surface area contributed by atoms with E-state index in [0.717, 1.165) is 34.1 Å². The first kappa shape index (κ1) is 58.3. The topological polar surface area (TPSA) is 239 Å². The number of carbonyl (C=O) groups excluding carboxylic acids is 8. The minimum atomic E-state index is -2.06. The molecule has 18 nitrogen and oxygen atoms in total. The van der Waals surface area contributed by atoms with Crippen LogP contribution in [0.5, 0.6) is 46.0 Å². The molecule has 0 fully saturated rings. The van der Waals surface area contributed by atoms with E-state index < -0.39 is 64.1 Å². The zero-order valence-electron chi connectivity index (χ0n) is 45.5. The Bertz CT molecular complexity index is 3250. The normalized spacial score (nSPS) is 13.4. The van der Waals surface area contributed by atoms with Gasteiger partial charge in [-0.15, -0.1) is 0 Å². The van der Waals surface area contributed by atoms with Crippen LogP contribution in [0.2, 0.25) is 36.3 Å². The van der Waals surface area contributed by atoms with Crippen LogP contribution in [0.4, 0.5) is 11.4 Å². The molecule has 2 aliphatic rings. The number of amides is 4. The first-order valence-corrected chi connectivity index (χ1v) is 30.8. The number of phenolic OH excluding ortho intramolecular Hbond substituents is 2. The Morgan fingerprint density at radius 1 is 0.362 bits per heavy atom. The van der Waals surface area contributed by atoms with Gasteiger partial charge in [0.2, 0.25) is 16.6 Å². The summed E-state index contributed by atoms with van der Waals surface area (Å²) in [7, 11) is -4.13. The molecule has 0 saturated heterocycles. The lowest BCUT2D eigenvalue weighted by molar-refractivity contribution is -0.121. The van der Waals surface area contributed by atoms with Gasteiger partial charge in [-0.25, -0.2) is 29.0 Å². The van der Waals surface area contributed by atoms with Gasteiger partial charge in [-0.3, -0.25) is 19.2 Å². The molecule has 0 saturated carbocycles. The van der Waals surface area contributed by atoms with Crippen LogP contribution in [0.25, 0.3) is 0 Å². The summed E-state index contributed by atoms with van der Waals surface area (Å²) in [4.78, 5) is 103. The number of hydrogen-bond acceptors (Lipinski definition) is 16. The molecular formula is C60H58N2O16Si2. The van der Waals surface area contributed by atoms with Crippen LogP contribution in [-0.2, 0) is 19.2 Å². The Hall–Kier alpha value is -9.41. The van der Waals surface area contributed by atoms with Crippen LogP contribution in [0.15, 0.2) is 158 Å². The molecule has 6 aromatic carbocycles. The number of carbonyl (C=O) groups is 8. The van der Waals surface area contributed by atoms with Crippen LogP contribution >= 0.6 is 0 Å². The van der Waals surface area contributed by atoms with Crippen LogP contribution < -0.4 is 37.6 Å². The number of phenols is 2. The van der Waals surface area contributed by atoms with Gasteiger partial charge in [-0.1, -0.05) is 41.5 Å². The third-order valence-corrected chi connectivity index (χ3v) is 22.2. The standard InChI is InChI=1S/C36H43NO8Si2.C24H15NO8/c1-35(2,3)46(7,8)44-29-15-11-27(12-16-29)42-33(40)24-21-25(23-26(22-24)37-31(38)19-20-32(37)39)34(41)43-28-13-17-30(18-14-28)45-47(9,10)36(4,5)6;26-17-1-5-19(6-2-17)32-23(30)14-11-15(24(31)33-20-7-3-18(27)4-8-20)13-16(12-14)25-21(28)9-10-22(25)29/h11-23H,1-10H3;1-13,26-27H. The van der Waals surface area contributed by atoms with Crippen molar-refractivity contribution in [2.24, 2.45) is 0 Å². The number of benzene rings is 6. The molecule has 0 atom stereocenters. The van der Waals surface area contributed by atoms with E-state index in [2.05, 4.69) is 67.7 Å². The molecule has 2 N–H and O–H groups in total. The monoisotopic (exact) mass is 1120 g/mol. The Morgan fingerprint density at radius 3 is 0.800 bits per heavy atom. The Kier molecular flexibility index (Phi) is 17.0. The third-order valence-electron chi connectivity index (χ3n) is 13.4. The van der Waals surface area contributed by atoms with Gasteiger partial charge in [-0.2, -0.15) is 0 Å². The molecule has 8 rings (SSSR count). The molecule has 0 unspecified atom stereocenters. The number of aromatic hydroxyl groups is 2. The first-order valence-electron chi connectivity index (χ1n) is 24.9. The molecule has 0 bridgehead atoms.